The minimum atomic E-state index is -0.512. The molecule has 7 nitrogen and oxygen atoms in total. The molecule has 98 valence electrons. The summed E-state index contributed by atoms with van der Waals surface area (Å²) in [6.45, 7) is 0. The summed E-state index contributed by atoms with van der Waals surface area (Å²) in [6, 6.07) is 2.93. The van der Waals surface area contributed by atoms with Gasteiger partial charge in [-0.05, 0) is 18.9 Å². The number of anilines is 1. The standard InChI is InChI=1S/C12H12N4O3/c13-5-4-10(17)16-15-8-2-1-3-9-12(8)7(14)6-11(18)19-9/h3,6,15H,1-2,4,14H2,(H,16,17). The highest BCUT2D eigenvalue weighted by Gasteiger charge is 2.10. The summed E-state index contributed by atoms with van der Waals surface area (Å²) < 4.78 is 5.05. The van der Waals surface area contributed by atoms with Gasteiger partial charge in [-0.2, -0.15) is 5.26 Å². The maximum absolute atomic E-state index is 11.2. The molecule has 0 spiro atoms. The topological polar surface area (TPSA) is 121 Å². The van der Waals surface area contributed by atoms with Crippen LogP contribution in [0.4, 0.5) is 5.69 Å². The van der Waals surface area contributed by atoms with Crippen molar-refractivity contribution in [2.45, 2.75) is 19.3 Å². The quantitative estimate of drug-likeness (QED) is 0.565. The highest BCUT2D eigenvalue weighted by Crippen LogP contribution is 2.04. The predicted octanol–water partition coefficient (Wildman–Crippen LogP) is -1.56. The van der Waals surface area contributed by atoms with E-state index in [2.05, 4.69) is 10.9 Å². The summed E-state index contributed by atoms with van der Waals surface area (Å²) in [7, 11) is 0. The second-order valence-corrected chi connectivity index (χ2v) is 3.99. The molecule has 0 saturated heterocycles. The lowest BCUT2D eigenvalue weighted by Gasteiger charge is -2.14. The van der Waals surface area contributed by atoms with Gasteiger partial charge in [0, 0.05) is 11.8 Å². The lowest BCUT2D eigenvalue weighted by Crippen LogP contribution is -2.44. The summed E-state index contributed by atoms with van der Waals surface area (Å²) in [5.41, 5.74) is 11.7. The van der Waals surface area contributed by atoms with Crippen molar-refractivity contribution >= 4 is 23.4 Å². The van der Waals surface area contributed by atoms with E-state index in [1.807, 2.05) is 0 Å². The Balaban J connectivity index is 2.38. The van der Waals surface area contributed by atoms with Crippen molar-refractivity contribution in [3.63, 3.8) is 0 Å². The van der Waals surface area contributed by atoms with Gasteiger partial charge in [0.2, 0.25) is 0 Å². The Kier molecular flexibility index (Phi) is 3.52. The van der Waals surface area contributed by atoms with E-state index in [0.29, 0.717) is 34.9 Å². The molecular formula is C12H12N4O3. The van der Waals surface area contributed by atoms with Crippen LogP contribution in [0, 0.1) is 11.3 Å². The number of nitrogens with one attached hydrogen (secondary N) is 2. The Bertz CT molecular complexity index is 727. The van der Waals surface area contributed by atoms with Crippen LogP contribution >= 0.6 is 0 Å². The summed E-state index contributed by atoms with van der Waals surface area (Å²) in [5.74, 6) is -0.443. The lowest BCUT2D eigenvalue weighted by atomic mass is 10.1. The van der Waals surface area contributed by atoms with Gasteiger partial charge in [-0.3, -0.25) is 10.2 Å². The van der Waals surface area contributed by atoms with Gasteiger partial charge in [-0.15, -0.1) is 0 Å². The molecule has 1 aromatic heterocycles. The normalized spacial score (nSPS) is 12.9. The number of nitrogens with zero attached hydrogens (tertiary/aromatic N) is 1. The van der Waals surface area contributed by atoms with Crippen LogP contribution < -0.4 is 32.8 Å². The minimum Gasteiger partial charge on any atom is -0.423 e. The maximum Gasteiger partial charge on any atom is 0.338 e. The summed E-state index contributed by atoms with van der Waals surface area (Å²) in [5, 5.41) is 8.96. The highest BCUT2D eigenvalue weighted by atomic mass is 16.4. The van der Waals surface area contributed by atoms with Gasteiger partial charge in [-0.1, -0.05) is 0 Å². The smallest absolute Gasteiger partial charge is 0.338 e. The molecule has 2 rings (SSSR count). The third kappa shape index (κ3) is 2.74. The molecule has 1 aromatic rings. The molecular weight excluding hydrogens is 248 g/mol. The number of nitrogens with two attached hydrogens (primary N) is 1. The van der Waals surface area contributed by atoms with Crippen molar-refractivity contribution in [3.05, 3.63) is 27.1 Å². The zero-order chi connectivity index (χ0) is 13.8. The van der Waals surface area contributed by atoms with Crippen LogP contribution in [0.25, 0.3) is 11.8 Å². The average Bonchev–Trinajstić information content (AvgIpc) is 2.36. The molecule has 0 bridgehead atoms. The van der Waals surface area contributed by atoms with Crippen LogP contribution in [0.2, 0.25) is 0 Å². The first kappa shape index (κ1) is 12.7. The maximum atomic E-state index is 11.2. The van der Waals surface area contributed by atoms with Crippen molar-refractivity contribution in [3.8, 4) is 6.07 Å². The minimum absolute atomic E-state index is 0.237. The number of hydrazine groups is 1. The monoisotopic (exact) mass is 260 g/mol. The van der Waals surface area contributed by atoms with Crippen LogP contribution in [0.1, 0.15) is 19.3 Å². The molecule has 1 aliphatic rings. The molecule has 0 atom stereocenters. The molecule has 4 N–H and O–H groups in total. The third-order valence-electron chi connectivity index (χ3n) is 2.64. The third-order valence-corrected chi connectivity index (χ3v) is 2.64. The second-order valence-electron chi connectivity index (χ2n) is 3.99. The largest absolute Gasteiger partial charge is 0.423 e. The van der Waals surface area contributed by atoms with E-state index in [9.17, 15) is 9.59 Å². The molecule has 1 heterocycles. The van der Waals surface area contributed by atoms with Gasteiger partial charge in [0.25, 0.3) is 5.91 Å². The number of hydrogen-bond donors (Lipinski definition) is 3. The zero-order valence-electron chi connectivity index (χ0n) is 10.0. The SMILES string of the molecule is N#CCC(=O)NNC1=c2c(N)cc(=O)oc2=CCC1. The van der Waals surface area contributed by atoms with Crippen molar-refractivity contribution in [2.75, 3.05) is 5.73 Å². The van der Waals surface area contributed by atoms with Gasteiger partial charge in [-0.25, -0.2) is 4.79 Å². The molecule has 0 aromatic carbocycles. The van der Waals surface area contributed by atoms with Gasteiger partial charge < -0.3 is 15.6 Å². The van der Waals surface area contributed by atoms with Gasteiger partial charge >= 0.3 is 5.63 Å². The van der Waals surface area contributed by atoms with Crippen LogP contribution in [-0.4, -0.2) is 5.91 Å². The number of rotatable bonds is 3. The first-order chi connectivity index (χ1) is 9.11. The van der Waals surface area contributed by atoms with Crippen LogP contribution in [0.5, 0.6) is 0 Å². The summed E-state index contributed by atoms with van der Waals surface area (Å²) in [6.07, 6.45) is 2.82. The zero-order valence-corrected chi connectivity index (χ0v) is 10.0. The van der Waals surface area contributed by atoms with E-state index in [4.69, 9.17) is 15.4 Å². The van der Waals surface area contributed by atoms with Gasteiger partial charge in [0.05, 0.1) is 17.0 Å². The molecule has 0 radical (unpaired) electrons. The van der Waals surface area contributed by atoms with Gasteiger partial charge in [0.1, 0.15) is 11.8 Å². The molecule has 0 unspecified atom stereocenters. The summed E-state index contributed by atoms with van der Waals surface area (Å²) >= 11 is 0. The molecule has 0 aliphatic heterocycles. The fourth-order valence-corrected chi connectivity index (χ4v) is 1.86. The van der Waals surface area contributed by atoms with Gasteiger partial charge in [0.15, 0.2) is 0 Å². The lowest BCUT2D eigenvalue weighted by molar-refractivity contribution is -0.120. The Morgan fingerprint density at radius 1 is 1.58 bits per heavy atom. The predicted molar refractivity (Wildman–Crippen MR) is 67.3 cm³/mol. The van der Waals surface area contributed by atoms with Crippen LogP contribution in [0.15, 0.2) is 15.3 Å². The first-order valence-electron chi connectivity index (χ1n) is 5.66. The van der Waals surface area contributed by atoms with Crippen molar-refractivity contribution < 1.29 is 9.21 Å². The number of hydrogen-bond acceptors (Lipinski definition) is 6. The number of nitrogen functional groups attached to an aromatic ring is 1. The number of carbonyl (C=O) groups is 1. The van der Waals surface area contributed by atoms with E-state index in [-0.39, 0.29) is 6.42 Å². The fraction of sp³-hybridized carbons (Fsp3) is 0.250. The Morgan fingerprint density at radius 3 is 3.11 bits per heavy atom. The van der Waals surface area contributed by atoms with Crippen molar-refractivity contribution in [1.82, 2.24) is 10.9 Å². The number of amides is 1. The molecule has 7 heteroatoms. The first-order valence-corrected chi connectivity index (χ1v) is 5.66. The van der Waals surface area contributed by atoms with E-state index < -0.39 is 11.5 Å². The number of nitriles is 1. The van der Waals surface area contributed by atoms with E-state index in [0.717, 1.165) is 0 Å². The van der Waals surface area contributed by atoms with E-state index in [1.165, 1.54) is 6.07 Å². The Labute approximate surface area is 108 Å². The second kappa shape index (κ2) is 5.27. The molecule has 1 aliphatic carbocycles. The molecule has 19 heavy (non-hydrogen) atoms. The number of carbonyl (C=O) groups excluding carboxylic acids is 1. The van der Waals surface area contributed by atoms with Crippen molar-refractivity contribution in [2.24, 2.45) is 0 Å². The average molecular weight is 260 g/mol. The molecule has 0 fully saturated rings. The van der Waals surface area contributed by atoms with Crippen LogP contribution in [-0.2, 0) is 4.79 Å². The Morgan fingerprint density at radius 2 is 2.37 bits per heavy atom. The van der Waals surface area contributed by atoms with Crippen molar-refractivity contribution in [1.29, 1.82) is 5.26 Å². The molecule has 0 saturated carbocycles. The summed E-state index contributed by atoms with van der Waals surface area (Å²) in [4.78, 5) is 22.4. The molecule has 1 amide bonds. The van der Waals surface area contributed by atoms with E-state index >= 15 is 0 Å². The Hall–Kier alpha value is -2.75. The van der Waals surface area contributed by atoms with E-state index in [1.54, 1.807) is 12.1 Å². The fourth-order valence-electron chi connectivity index (χ4n) is 1.86. The highest BCUT2D eigenvalue weighted by molar-refractivity contribution is 5.78. The number of fused-ring (bicyclic) bond motifs is 1. The van der Waals surface area contributed by atoms with Crippen LogP contribution in [0.3, 0.4) is 0 Å².